The molecule has 1 aliphatic heterocycles. The summed E-state index contributed by atoms with van der Waals surface area (Å²) in [7, 11) is 0. The lowest BCUT2D eigenvalue weighted by Crippen LogP contribution is -2.33. The van der Waals surface area contributed by atoms with Crippen LogP contribution < -0.4 is 5.32 Å². The van der Waals surface area contributed by atoms with Crippen molar-refractivity contribution in [2.45, 2.75) is 62.8 Å². The molecule has 3 atom stereocenters. The molecule has 0 aromatic rings. The van der Waals surface area contributed by atoms with Crippen LogP contribution in [0.3, 0.4) is 0 Å². The Morgan fingerprint density at radius 3 is 2.83 bits per heavy atom. The van der Waals surface area contributed by atoms with E-state index in [-0.39, 0.29) is 0 Å². The van der Waals surface area contributed by atoms with Gasteiger partial charge in [-0.25, -0.2) is 0 Å². The van der Waals surface area contributed by atoms with Crippen molar-refractivity contribution in [1.29, 1.82) is 0 Å². The van der Waals surface area contributed by atoms with Gasteiger partial charge in [0.25, 0.3) is 0 Å². The van der Waals surface area contributed by atoms with Crippen LogP contribution in [0.4, 0.5) is 0 Å². The van der Waals surface area contributed by atoms with Crippen LogP contribution in [0.1, 0.15) is 45.4 Å². The minimum Gasteiger partial charge on any atom is -0.314 e. The topological polar surface area (TPSA) is 15.3 Å². The van der Waals surface area contributed by atoms with Crippen molar-refractivity contribution in [2.75, 3.05) is 25.4 Å². The van der Waals surface area contributed by atoms with Gasteiger partial charge in [0, 0.05) is 23.9 Å². The number of nitrogens with one attached hydrogen (secondary N) is 1. The summed E-state index contributed by atoms with van der Waals surface area (Å²) >= 11 is 2.19. The Morgan fingerprint density at radius 1 is 1.17 bits per heavy atom. The highest BCUT2D eigenvalue weighted by Gasteiger charge is 2.34. The van der Waals surface area contributed by atoms with E-state index in [2.05, 4.69) is 28.9 Å². The van der Waals surface area contributed by atoms with Gasteiger partial charge in [-0.2, -0.15) is 11.8 Å². The Bertz CT molecular complexity index is 267. The highest BCUT2D eigenvalue weighted by molar-refractivity contribution is 7.99. The van der Waals surface area contributed by atoms with Crippen LogP contribution in [0.2, 0.25) is 0 Å². The maximum atomic E-state index is 3.71. The van der Waals surface area contributed by atoms with Crippen molar-refractivity contribution in [1.82, 2.24) is 10.2 Å². The fourth-order valence-electron chi connectivity index (χ4n) is 3.62. The standard InChI is InChI=1S/C15H28N2S/c1-2-18-15-6-5-14(9-15)17-8-7-12(11-17)10-16-13-3-4-13/h12-16H,2-11H2,1H3. The number of nitrogens with zero attached hydrogens (tertiary/aromatic N) is 1. The third-order valence-corrected chi connectivity index (χ3v) is 6.10. The van der Waals surface area contributed by atoms with E-state index in [0.29, 0.717) is 0 Å². The molecule has 0 bridgehead atoms. The molecule has 2 nitrogen and oxygen atoms in total. The summed E-state index contributed by atoms with van der Waals surface area (Å²) in [4.78, 5) is 2.80. The maximum Gasteiger partial charge on any atom is 0.0106 e. The Kier molecular flexibility index (Phi) is 4.53. The first kappa shape index (κ1) is 13.3. The second-order valence-corrected chi connectivity index (χ2v) is 7.95. The van der Waals surface area contributed by atoms with Gasteiger partial charge in [0.2, 0.25) is 0 Å². The Balaban J connectivity index is 1.38. The molecule has 1 N–H and O–H groups in total. The highest BCUT2D eigenvalue weighted by atomic mass is 32.2. The molecule has 104 valence electrons. The molecule has 0 aromatic carbocycles. The van der Waals surface area contributed by atoms with Gasteiger partial charge >= 0.3 is 0 Å². The van der Waals surface area contributed by atoms with Gasteiger partial charge in [-0.1, -0.05) is 6.92 Å². The second kappa shape index (κ2) is 6.15. The van der Waals surface area contributed by atoms with Crippen LogP contribution in [0.5, 0.6) is 0 Å². The number of likely N-dealkylation sites (tertiary alicyclic amines) is 1. The SMILES string of the molecule is CCSC1CCC(N2CCC(CNC3CC3)C2)C1. The lowest BCUT2D eigenvalue weighted by atomic mass is 10.1. The number of rotatable bonds is 6. The molecule has 18 heavy (non-hydrogen) atoms. The van der Waals surface area contributed by atoms with E-state index in [1.165, 1.54) is 63.9 Å². The van der Waals surface area contributed by atoms with Gasteiger partial charge < -0.3 is 10.2 Å². The molecule has 2 aliphatic carbocycles. The zero-order chi connectivity index (χ0) is 12.4. The van der Waals surface area contributed by atoms with Crippen molar-refractivity contribution < 1.29 is 0 Å². The third kappa shape index (κ3) is 3.43. The van der Waals surface area contributed by atoms with E-state index >= 15 is 0 Å². The summed E-state index contributed by atoms with van der Waals surface area (Å²) in [6.45, 7) is 6.31. The molecule has 0 amide bonds. The van der Waals surface area contributed by atoms with E-state index in [9.17, 15) is 0 Å². The van der Waals surface area contributed by atoms with Crippen molar-refractivity contribution in [3.8, 4) is 0 Å². The largest absolute Gasteiger partial charge is 0.314 e. The van der Waals surface area contributed by atoms with Crippen LogP contribution in [0, 0.1) is 5.92 Å². The quantitative estimate of drug-likeness (QED) is 0.797. The van der Waals surface area contributed by atoms with E-state index < -0.39 is 0 Å². The van der Waals surface area contributed by atoms with Gasteiger partial charge in [-0.05, 0) is 63.3 Å². The number of hydrogen-bond acceptors (Lipinski definition) is 3. The fourth-order valence-corrected chi connectivity index (χ4v) is 4.75. The summed E-state index contributed by atoms with van der Waals surface area (Å²) < 4.78 is 0. The number of thioether (sulfide) groups is 1. The van der Waals surface area contributed by atoms with Gasteiger partial charge in [-0.3, -0.25) is 0 Å². The van der Waals surface area contributed by atoms with Crippen molar-refractivity contribution in [2.24, 2.45) is 5.92 Å². The van der Waals surface area contributed by atoms with Crippen LogP contribution in [-0.4, -0.2) is 47.6 Å². The molecule has 3 aliphatic rings. The normalized spacial score (nSPS) is 37.5. The molecule has 0 radical (unpaired) electrons. The summed E-state index contributed by atoms with van der Waals surface area (Å²) in [6, 6.07) is 1.80. The first-order valence-electron chi connectivity index (χ1n) is 7.94. The Hall–Kier alpha value is 0.270. The third-order valence-electron chi connectivity index (χ3n) is 4.87. The van der Waals surface area contributed by atoms with Crippen LogP contribution in [0.15, 0.2) is 0 Å². The predicted molar refractivity (Wildman–Crippen MR) is 80.3 cm³/mol. The van der Waals surface area contributed by atoms with E-state index in [4.69, 9.17) is 0 Å². The average molecular weight is 268 g/mol. The van der Waals surface area contributed by atoms with Crippen molar-refractivity contribution in [3.05, 3.63) is 0 Å². The highest BCUT2D eigenvalue weighted by Crippen LogP contribution is 2.34. The van der Waals surface area contributed by atoms with Crippen LogP contribution >= 0.6 is 11.8 Å². The zero-order valence-corrected chi connectivity index (χ0v) is 12.6. The molecule has 3 rings (SSSR count). The summed E-state index contributed by atoms with van der Waals surface area (Å²) in [5.74, 6) is 2.23. The predicted octanol–water partition coefficient (Wildman–Crippen LogP) is 2.73. The van der Waals surface area contributed by atoms with Gasteiger partial charge in [-0.15, -0.1) is 0 Å². The molecular formula is C15H28N2S. The summed E-state index contributed by atoms with van der Waals surface area (Å²) in [5.41, 5.74) is 0. The minimum absolute atomic E-state index is 0.885. The minimum atomic E-state index is 0.885. The van der Waals surface area contributed by atoms with E-state index in [0.717, 1.165) is 23.3 Å². The van der Waals surface area contributed by atoms with E-state index in [1.54, 1.807) is 0 Å². The smallest absolute Gasteiger partial charge is 0.0106 e. The van der Waals surface area contributed by atoms with Gasteiger partial charge in [0.15, 0.2) is 0 Å². The summed E-state index contributed by atoms with van der Waals surface area (Å²) in [5, 5.41) is 4.67. The first-order chi connectivity index (χ1) is 8.85. The molecule has 2 saturated carbocycles. The molecular weight excluding hydrogens is 240 g/mol. The maximum absolute atomic E-state index is 3.71. The summed E-state index contributed by atoms with van der Waals surface area (Å²) in [6.07, 6.45) is 8.66. The van der Waals surface area contributed by atoms with Crippen LogP contribution in [0.25, 0.3) is 0 Å². The van der Waals surface area contributed by atoms with Crippen LogP contribution in [-0.2, 0) is 0 Å². The number of hydrogen-bond donors (Lipinski definition) is 1. The Labute approximate surface area is 116 Å². The molecule has 0 spiro atoms. The molecule has 1 saturated heterocycles. The van der Waals surface area contributed by atoms with Crippen molar-refractivity contribution in [3.63, 3.8) is 0 Å². The zero-order valence-electron chi connectivity index (χ0n) is 11.7. The monoisotopic (exact) mass is 268 g/mol. The molecule has 3 fully saturated rings. The van der Waals surface area contributed by atoms with Gasteiger partial charge in [0.05, 0.1) is 0 Å². The lowest BCUT2D eigenvalue weighted by molar-refractivity contribution is 0.237. The lowest BCUT2D eigenvalue weighted by Gasteiger charge is -2.24. The first-order valence-corrected chi connectivity index (χ1v) is 8.99. The fraction of sp³-hybridized carbons (Fsp3) is 1.00. The molecule has 3 unspecified atom stereocenters. The molecule has 0 aromatic heterocycles. The van der Waals surface area contributed by atoms with E-state index in [1.807, 2.05) is 0 Å². The van der Waals surface area contributed by atoms with Gasteiger partial charge in [0.1, 0.15) is 0 Å². The molecule has 3 heteroatoms. The molecule has 1 heterocycles. The van der Waals surface area contributed by atoms with Crippen molar-refractivity contribution >= 4 is 11.8 Å². The second-order valence-electron chi connectivity index (χ2n) is 6.38. The average Bonchev–Trinajstić information content (AvgIpc) is 2.90. The Morgan fingerprint density at radius 2 is 2.06 bits per heavy atom.